The van der Waals surface area contributed by atoms with Crippen LogP contribution in [-0.2, 0) is 6.42 Å². The molecule has 0 heterocycles. The predicted molar refractivity (Wildman–Crippen MR) is 71.5 cm³/mol. The second-order valence-corrected chi connectivity index (χ2v) is 5.26. The van der Waals surface area contributed by atoms with Gasteiger partial charge in [0, 0.05) is 6.54 Å². The number of rotatable bonds is 6. The van der Waals surface area contributed by atoms with Crippen LogP contribution in [0.15, 0.2) is 18.2 Å². The van der Waals surface area contributed by atoms with Gasteiger partial charge in [-0.05, 0) is 56.3 Å². The summed E-state index contributed by atoms with van der Waals surface area (Å²) in [5.41, 5.74) is 1.42. The summed E-state index contributed by atoms with van der Waals surface area (Å²) in [6.45, 7) is 3.38. The van der Waals surface area contributed by atoms with Gasteiger partial charge in [0.05, 0.1) is 6.61 Å². The fourth-order valence-electron chi connectivity index (χ4n) is 2.83. The Morgan fingerprint density at radius 3 is 2.67 bits per heavy atom. The van der Waals surface area contributed by atoms with E-state index in [9.17, 15) is 4.39 Å². The van der Waals surface area contributed by atoms with Crippen molar-refractivity contribution in [3.05, 3.63) is 29.6 Å². The van der Waals surface area contributed by atoms with E-state index in [1.165, 1.54) is 19.3 Å². The molecule has 2 rings (SSSR count). The fraction of sp³-hybridized carbons (Fsp3) is 0.600. The van der Waals surface area contributed by atoms with Gasteiger partial charge in [0.25, 0.3) is 0 Å². The molecule has 1 aliphatic rings. The summed E-state index contributed by atoms with van der Waals surface area (Å²) in [6.07, 6.45) is 4.73. The van der Waals surface area contributed by atoms with E-state index in [2.05, 4.69) is 5.32 Å². The second-order valence-electron chi connectivity index (χ2n) is 5.26. The maximum absolute atomic E-state index is 13.8. The monoisotopic (exact) mass is 251 g/mol. The highest BCUT2D eigenvalue weighted by molar-refractivity contribution is 5.30. The van der Waals surface area contributed by atoms with E-state index < -0.39 is 0 Å². The number of hydrogen-bond acceptors (Lipinski definition) is 2. The van der Waals surface area contributed by atoms with Crippen molar-refractivity contribution < 1.29 is 9.13 Å². The first-order chi connectivity index (χ1) is 8.69. The van der Waals surface area contributed by atoms with E-state index >= 15 is 0 Å². The van der Waals surface area contributed by atoms with Crippen LogP contribution in [-0.4, -0.2) is 20.2 Å². The lowest BCUT2D eigenvalue weighted by Crippen LogP contribution is -2.40. The Kier molecular flexibility index (Phi) is 4.23. The Balaban J connectivity index is 2.07. The van der Waals surface area contributed by atoms with Crippen LogP contribution in [0.25, 0.3) is 0 Å². The summed E-state index contributed by atoms with van der Waals surface area (Å²) in [5.74, 6) is 0.116. The van der Waals surface area contributed by atoms with Crippen LogP contribution >= 0.6 is 0 Å². The van der Waals surface area contributed by atoms with Crippen molar-refractivity contribution in [3.8, 4) is 5.75 Å². The average Bonchev–Trinajstić information content (AvgIpc) is 2.30. The summed E-state index contributed by atoms with van der Waals surface area (Å²) in [4.78, 5) is 0. The average molecular weight is 251 g/mol. The van der Waals surface area contributed by atoms with Gasteiger partial charge in [-0.15, -0.1) is 0 Å². The normalized spacial score (nSPS) is 17.3. The summed E-state index contributed by atoms with van der Waals surface area (Å²) in [5, 5.41) is 3.26. The lowest BCUT2D eigenvalue weighted by atomic mass is 9.65. The lowest BCUT2D eigenvalue weighted by Gasteiger charge is -2.42. The molecule has 18 heavy (non-hydrogen) atoms. The number of ether oxygens (including phenoxy) is 1. The van der Waals surface area contributed by atoms with Crippen molar-refractivity contribution in [2.45, 2.75) is 32.6 Å². The molecule has 1 aromatic rings. The smallest absolute Gasteiger partial charge is 0.165 e. The van der Waals surface area contributed by atoms with Crippen molar-refractivity contribution in [2.75, 3.05) is 20.2 Å². The third-order valence-corrected chi connectivity index (χ3v) is 3.84. The standard InChI is InChI=1S/C15H22FNO/c1-3-18-14-6-5-12(9-13(14)16)10-15(11-17-2)7-4-8-15/h5-6,9,17H,3-4,7-8,10-11H2,1-2H3. The van der Waals surface area contributed by atoms with Crippen LogP contribution in [0.3, 0.4) is 0 Å². The van der Waals surface area contributed by atoms with E-state index in [-0.39, 0.29) is 5.82 Å². The van der Waals surface area contributed by atoms with Gasteiger partial charge in [0.2, 0.25) is 0 Å². The van der Waals surface area contributed by atoms with Crippen molar-refractivity contribution in [1.82, 2.24) is 5.32 Å². The first-order valence-electron chi connectivity index (χ1n) is 6.75. The molecule has 100 valence electrons. The minimum Gasteiger partial charge on any atom is -0.491 e. The van der Waals surface area contributed by atoms with Gasteiger partial charge < -0.3 is 10.1 Å². The Hall–Kier alpha value is -1.09. The topological polar surface area (TPSA) is 21.3 Å². The molecule has 0 atom stereocenters. The van der Waals surface area contributed by atoms with Crippen LogP contribution in [0.5, 0.6) is 5.75 Å². The third-order valence-electron chi connectivity index (χ3n) is 3.84. The molecule has 1 saturated carbocycles. The van der Waals surface area contributed by atoms with Gasteiger partial charge in [-0.25, -0.2) is 4.39 Å². The van der Waals surface area contributed by atoms with Gasteiger partial charge in [-0.1, -0.05) is 12.5 Å². The summed E-state index contributed by atoms with van der Waals surface area (Å²) in [6, 6.07) is 5.37. The van der Waals surface area contributed by atoms with Crippen LogP contribution in [0.1, 0.15) is 31.7 Å². The summed E-state index contributed by atoms with van der Waals surface area (Å²) in [7, 11) is 1.98. The zero-order valence-electron chi connectivity index (χ0n) is 11.3. The molecule has 3 heteroatoms. The Morgan fingerprint density at radius 1 is 1.39 bits per heavy atom. The molecule has 0 saturated heterocycles. The zero-order chi connectivity index (χ0) is 13.0. The minimum absolute atomic E-state index is 0.242. The molecule has 1 fully saturated rings. The van der Waals surface area contributed by atoms with E-state index in [1.54, 1.807) is 12.1 Å². The van der Waals surface area contributed by atoms with Crippen LogP contribution in [0.4, 0.5) is 4.39 Å². The van der Waals surface area contributed by atoms with Crippen molar-refractivity contribution in [3.63, 3.8) is 0 Å². The molecule has 0 aromatic heterocycles. The Morgan fingerprint density at radius 2 is 2.17 bits per heavy atom. The highest BCUT2D eigenvalue weighted by atomic mass is 19.1. The molecule has 1 N–H and O–H groups in total. The predicted octanol–water partition coefficient (Wildman–Crippen LogP) is 3.16. The van der Waals surface area contributed by atoms with Gasteiger partial charge in [-0.2, -0.15) is 0 Å². The fourth-order valence-corrected chi connectivity index (χ4v) is 2.83. The van der Waals surface area contributed by atoms with E-state index in [4.69, 9.17) is 4.74 Å². The molecule has 0 aliphatic heterocycles. The maximum atomic E-state index is 13.8. The first-order valence-corrected chi connectivity index (χ1v) is 6.75. The van der Waals surface area contributed by atoms with Crippen LogP contribution in [0.2, 0.25) is 0 Å². The van der Waals surface area contributed by atoms with Crippen molar-refractivity contribution in [2.24, 2.45) is 5.41 Å². The Labute approximate surface area is 109 Å². The molecule has 0 unspecified atom stereocenters. The van der Waals surface area contributed by atoms with E-state index in [1.807, 2.05) is 20.0 Å². The number of nitrogens with one attached hydrogen (secondary N) is 1. The minimum atomic E-state index is -0.242. The van der Waals surface area contributed by atoms with Gasteiger partial charge in [0.1, 0.15) is 0 Å². The molecule has 2 nitrogen and oxygen atoms in total. The van der Waals surface area contributed by atoms with E-state index in [0.717, 1.165) is 18.5 Å². The molecular formula is C15H22FNO. The molecular weight excluding hydrogens is 229 g/mol. The number of halogens is 1. The molecule has 0 spiro atoms. The molecule has 1 aromatic carbocycles. The molecule has 0 amide bonds. The first kappa shape index (κ1) is 13.3. The summed E-state index contributed by atoms with van der Waals surface area (Å²) < 4.78 is 19.0. The molecule has 1 aliphatic carbocycles. The lowest BCUT2D eigenvalue weighted by molar-refractivity contribution is 0.133. The number of benzene rings is 1. The summed E-state index contributed by atoms with van der Waals surface area (Å²) >= 11 is 0. The van der Waals surface area contributed by atoms with Crippen LogP contribution in [0, 0.1) is 11.2 Å². The highest BCUT2D eigenvalue weighted by Crippen LogP contribution is 2.43. The SMILES string of the molecule is CCOc1ccc(CC2(CNC)CCC2)cc1F. The molecule has 0 bridgehead atoms. The van der Waals surface area contributed by atoms with Gasteiger partial charge in [-0.3, -0.25) is 0 Å². The zero-order valence-corrected chi connectivity index (χ0v) is 11.3. The maximum Gasteiger partial charge on any atom is 0.165 e. The van der Waals surface area contributed by atoms with Crippen molar-refractivity contribution >= 4 is 0 Å². The third kappa shape index (κ3) is 2.83. The quantitative estimate of drug-likeness (QED) is 0.838. The molecule has 0 radical (unpaired) electrons. The van der Waals surface area contributed by atoms with Crippen molar-refractivity contribution in [1.29, 1.82) is 0 Å². The van der Waals surface area contributed by atoms with Gasteiger partial charge >= 0.3 is 0 Å². The van der Waals surface area contributed by atoms with Crippen LogP contribution < -0.4 is 10.1 Å². The Bertz CT molecular complexity index is 401. The largest absolute Gasteiger partial charge is 0.491 e. The highest BCUT2D eigenvalue weighted by Gasteiger charge is 2.36. The van der Waals surface area contributed by atoms with Gasteiger partial charge in [0.15, 0.2) is 11.6 Å². The number of hydrogen-bond donors (Lipinski definition) is 1. The second kappa shape index (κ2) is 5.70. The van der Waals surface area contributed by atoms with E-state index in [0.29, 0.717) is 17.8 Å².